The van der Waals surface area contributed by atoms with Gasteiger partial charge in [-0.1, -0.05) is 25.8 Å². The molecule has 1 saturated carbocycles. The second-order valence-corrected chi connectivity index (χ2v) is 7.10. The maximum absolute atomic E-state index is 4.74. The number of rotatable bonds is 7. The maximum Gasteiger partial charge on any atom is 0.191 e. The van der Waals surface area contributed by atoms with Crippen LogP contribution in [-0.4, -0.2) is 33.6 Å². The molecule has 1 aliphatic carbocycles. The SMILES string of the molecule is CCNC(=NCc1ccc(-n2ccnc2)nc1)NCC1(CC)CCCC1.I. The summed E-state index contributed by atoms with van der Waals surface area (Å²) in [7, 11) is 0. The van der Waals surface area contributed by atoms with Crippen molar-refractivity contribution < 1.29 is 0 Å². The summed E-state index contributed by atoms with van der Waals surface area (Å²) < 4.78 is 1.89. The van der Waals surface area contributed by atoms with Crippen LogP contribution in [0.3, 0.4) is 0 Å². The van der Waals surface area contributed by atoms with E-state index in [-0.39, 0.29) is 24.0 Å². The minimum atomic E-state index is 0. The van der Waals surface area contributed by atoms with Crippen molar-refractivity contribution >= 4 is 29.9 Å². The summed E-state index contributed by atoms with van der Waals surface area (Å²) >= 11 is 0. The Kier molecular flexibility index (Phi) is 8.53. The van der Waals surface area contributed by atoms with Crippen molar-refractivity contribution in [3.8, 4) is 5.82 Å². The van der Waals surface area contributed by atoms with Crippen LogP contribution in [-0.2, 0) is 6.54 Å². The summed E-state index contributed by atoms with van der Waals surface area (Å²) in [6, 6.07) is 4.07. The smallest absolute Gasteiger partial charge is 0.191 e. The molecule has 0 unspecified atom stereocenters. The summed E-state index contributed by atoms with van der Waals surface area (Å²) in [6.45, 7) is 6.90. The third-order valence-corrected chi connectivity index (χ3v) is 5.39. The Labute approximate surface area is 179 Å². The highest BCUT2D eigenvalue weighted by molar-refractivity contribution is 14.0. The topological polar surface area (TPSA) is 67.1 Å². The van der Waals surface area contributed by atoms with Crippen molar-refractivity contribution in [2.45, 2.75) is 52.5 Å². The van der Waals surface area contributed by atoms with Gasteiger partial charge in [0.05, 0.1) is 6.54 Å². The number of imidazole rings is 1. The van der Waals surface area contributed by atoms with Crippen LogP contribution in [0.5, 0.6) is 0 Å². The number of nitrogens with one attached hydrogen (secondary N) is 2. The van der Waals surface area contributed by atoms with Crippen molar-refractivity contribution in [1.82, 2.24) is 25.2 Å². The Morgan fingerprint density at radius 2 is 2.04 bits per heavy atom. The number of aromatic nitrogens is 3. The molecule has 0 aliphatic heterocycles. The Morgan fingerprint density at radius 3 is 2.63 bits per heavy atom. The van der Waals surface area contributed by atoms with E-state index < -0.39 is 0 Å². The lowest BCUT2D eigenvalue weighted by molar-refractivity contribution is 0.283. The molecule has 0 radical (unpaired) electrons. The molecule has 2 aromatic heterocycles. The molecule has 27 heavy (non-hydrogen) atoms. The van der Waals surface area contributed by atoms with Gasteiger partial charge in [-0.15, -0.1) is 24.0 Å². The van der Waals surface area contributed by atoms with Gasteiger partial charge in [-0.3, -0.25) is 4.57 Å². The zero-order chi connectivity index (χ0) is 18.2. The summed E-state index contributed by atoms with van der Waals surface area (Å²) in [4.78, 5) is 13.3. The van der Waals surface area contributed by atoms with E-state index in [9.17, 15) is 0 Å². The van der Waals surface area contributed by atoms with Crippen LogP contribution in [0.2, 0.25) is 0 Å². The van der Waals surface area contributed by atoms with Gasteiger partial charge >= 0.3 is 0 Å². The lowest BCUT2D eigenvalue weighted by Gasteiger charge is -2.28. The molecule has 1 fully saturated rings. The number of halogens is 1. The van der Waals surface area contributed by atoms with Crippen molar-refractivity contribution in [1.29, 1.82) is 0 Å². The number of pyridine rings is 1. The molecule has 148 valence electrons. The van der Waals surface area contributed by atoms with Crippen LogP contribution in [0.15, 0.2) is 42.0 Å². The second kappa shape index (κ2) is 10.6. The first-order chi connectivity index (χ1) is 12.7. The molecule has 0 aromatic carbocycles. The van der Waals surface area contributed by atoms with Crippen LogP contribution in [0.1, 0.15) is 51.5 Å². The van der Waals surface area contributed by atoms with Crippen LogP contribution < -0.4 is 10.6 Å². The zero-order valence-corrected chi connectivity index (χ0v) is 18.6. The molecule has 0 bridgehead atoms. The lowest BCUT2D eigenvalue weighted by Crippen LogP contribution is -2.42. The Balaban J connectivity index is 0.00000261. The zero-order valence-electron chi connectivity index (χ0n) is 16.3. The van der Waals surface area contributed by atoms with Crippen LogP contribution >= 0.6 is 24.0 Å². The maximum atomic E-state index is 4.74. The van der Waals surface area contributed by atoms with Gasteiger partial charge in [-0.25, -0.2) is 15.0 Å². The highest BCUT2D eigenvalue weighted by Gasteiger charge is 2.31. The summed E-state index contributed by atoms with van der Waals surface area (Å²) in [5, 5.41) is 6.92. The van der Waals surface area contributed by atoms with Crippen molar-refractivity contribution in [3.05, 3.63) is 42.6 Å². The normalized spacial score (nSPS) is 16.0. The lowest BCUT2D eigenvalue weighted by atomic mass is 9.83. The molecule has 7 heteroatoms. The van der Waals surface area contributed by atoms with Gasteiger partial charge in [0, 0.05) is 31.7 Å². The molecular weight excluding hydrogens is 451 g/mol. The van der Waals surface area contributed by atoms with Crippen LogP contribution in [0.25, 0.3) is 5.82 Å². The Hall–Kier alpha value is -1.64. The molecule has 0 amide bonds. The van der Waals surface area contributed by atoms with Gasteiger partial charge in [-0.2, -0.15) is 0 Å². The highest BCUT2D eigenvalue weighted by atomic mass is 127. The molecule has 2 N–H and O–H groups in total. The molecule has 2 heterocycles. The van der Waals surface area contributed by atoms with E-state index in [0.29, 0.717) is 12.0 Å². The van der Waals surface area contributed by atoms with Gasteiger partial charge in [-0.05, 0) is 43.2 Å². The number of aliphatic imine (C=N–C) groups is 1. The summed E-state index contributed by atoms with van der Waals surface area (Å²) in [6.07, 6.45) is 13.9. The fraction of sp³-hybridized carbons (Fsp3) is 0.550. The summed E-state index contributed by atoms with van der Waals surface area (Å²) in [5.41, 5.74) is 1.54. The summed E-state index contributed by atoms with van der Waals surface area (Å²) in [5.74, 6) is 1.76. The molecule has 2 aromatic rings. The standard InChI is InChI=1S/C20H30N6.HI/c1-3-20(9-5-6-10-20)15-25-19(22-4-2)24-14-17-7-8-18(23-13-17)26-12-11-21-16-26;/h7-8,11-13,16H,3-6,9-10,14-15H2,1-2H3,(H2,22,24,25);1H. The van der Waals surface area contributed by atoms with Crippen LogP contribution in [0, 0.1) is 5.41 Å². The first-order valence-electron chi connectivity index (χ1n) is 9.70. The quantitative estimate of drug-likeness (QED) is 0.357. The average molecular weight is 482 g/mol. The minimum Gasteiger partial charge on any atom is -0.357 e. The van der Waals surface area contributed by atoms with Gasteiger partial charge < -0.3 is 10.6 Å². The van der Waals surface area contributed by atoms with E-state index in [1.807, 2.05) is 23.0 Å². The minimum absolute atomic E-state index is 0. The van der Waals surface area contributed by atoms with E-state index in [0.717, 1.165) is 30.4 Å². The van der Waals surface area contributed by atoms with Gasteiger partial charge in [0.1, 0.15) is 12.1 Å². The highest BCUT2D eigenvalue weighted by Crippen LogP contribution is 2.40. The third-order valence-electron chi connectivity index (χ3n) is 5.39. The molecular formula is C20H31IN6. The van der Waals surface area contributed by atoms with E-state index in [2.05, 4.69) is 40.5 Å². The van der Waals surface area contributed by atoms with Gasteiger partial charge in [0.15, 0.2) is 5.96 Å². The first-order valence-corrected chi connectivity index (χ1v) is 9.70. The predicted octanol–water partition coefficient (Wildman–Crippen LogP) is 3.91. The largest absolute Gasteiger partial charge is 0.357 e. The van der Waals surface area contributed by atoms with Crippen LogP contribution in [0.4, 0.5) is 0 Å². The van der Waals surface area contributed by atoms with E-state index in [1.54, 1.807) is 12.5 Å². The number of nitrogens with zero attached hydrogens (tertiary/aromatic N) is 4. The molecule has 0 atom stereocenters. The number of hydrogen-bond acceptors (Lipinski definition) is 3. The third kappa shape index (κ3) is 5.92. The molecule has 0 spiro atoms. The Bertz CT molecular complexity index is 690. The molecule has 0 saturated heterocycles. The van der Waals surface area contributed by atoms with E-state index in [4.69, 9.17) is 4.99 Å². The second-order valence-electron chi connectivity index (χ2n) is 7.10. The molecule has 6 nitrogen and oxygen atoms in total. The Morgan fingerprint density at radius 1 is 1.22 bits per heavy atom. The monoisotopic (exact) mass is 482 g/mol. The fourth-order valence-corrected chi connectivity index (χ4v) is 3.62. The van der Waals surface area contributed by atoms with E-state index in [1.165, 1.54) is 32.1 Å². The van der Waals surface area contributed by atoms with Crippen molar-refractivity contribution in [2.75, 3.05) is 13.1 Å². The predicted molar refractivity (Wildman–Crippen MR) is 121 cm³/mol. The number of guanidine groups is 1. The molecule has 1 aliphatic rings. The fourth-order valence-electron chi connectivity index (χ4n) is 3.62. The average Bonchev–Trinajstić information content (AvgIpc) is 3.37. The number of hydrogen-bond donors (Lipinski definition) is 2. The molecule has 3 rings (SSSR count). The van der Waals surface area contributed by atoms with Gasteiger partial charge in [0.2, 0.25) is 0 Å². The van der Waals surface area contributed by atoms with Crippen molar-refractivity contribution in [3.63, 3.8) is 0 Å². The van der Waals surface area contributed by atoms with Gasteiger partial charge in [0.25, 0.3) is 0 Å². The van der Waals surface area contributed by atoms with E-state index >= 15 is 0 Å². The van der Waals surface area contributed by atoms with Crippen molar-refractivity contribution in [2.24, 2.45) is 10.4 Å². The first kappa shape index (κ1) is 21.7.